The molecule has 19 heteroatoms. The maximum Gasteiger partial charge on any atom is 0.340 e. The van der Waals surface area contributed by atoms with Crippen molar-refractivity contribution in [1.82, 2.24) is 4.98 Å². The number of carbonyl (C=O) groups excluding carboxylic acids is 8. The first-order valence-corrected chi connectivity index (χ1v) is 21.5. The van der Waals surface area contributed by atoms with Gasteiger partial charge in [-0.25, -0.2) is 14.4 Å². The number of aliphatic hydroxyl groups is 1. The summed E-state index contributed by atoms with van der Waals surface area (Å²) in [6.07, 6.45) is -11.1. The first kappa shape index (κ1) is 48.2. The number of nitrogens with zero attached hydrogens (tertiary/aromatic N) is 1. The van der Waals surface area contributed by atoms with Gasteiger partial charge < -0.3 is 47.7 Å². The third-order valence-corrected chi connectivity index (χ3v) is 13.3. The van der Waals surface area contributed by atoms with Crippen molar-refractivity contribution in [2.45, 2.75) is 115 Å². The van der Waals surface area contributed by atoms with Crippen molar-refractivity contribution in [2.24, 2.45) is 17.3 Å². The molecule has 3 aromatic rings. The molecule has 1 saturated heterocycles. The van der Waals surface area contributed by atoms with Crippen LogP contribution in [0.2, 0.25) is 0 Å². The van der Waals surface area contributed by atoms with Gasteiger partial charge in [-0.3, -0.25) is 29.0 Å². The molecule has 4 bridgehead atoms. The molecular formula is C48H51NO18. The summed E-state index contributed by atoms with van der Waals surface area (Å²) in [4.78, 5) is 116. The molecule has 3 heterocycles. The van der Waals surface area contributed by atoms with Gasteiger partial charge in [-0.1, -0.05) is 50.2 Å². The monoisotopic (exact) mass is 929 g/mol. The average molecular weight is 930 g/mol. The maximum absolute atomic E-state index is 14.8. The second-order valence-corrected chi connectivity index (χ2v) is 17.7. The lowest BCUT2D eigenvalue weighted by molar-refractivity contribution is -0.385. The normalized spacial score (nSPS) is 34.1. The summed E-state index contributed by atoms with van der Waals surface area (Å²) in [5.74, 6) is -12.1. The van der Waals surface area contributed by atoms with Crippen LogP contribution >= 0.6 is 0 Å². The van der Waals surface area contributed by atoms with Gasteiger partial charge >= 0.3 is 47.8 Å². The summed E-state index contributed by atoms with van der Waals surface area (Å²) in [7, 11) is 0. The number of aromatic nitrogens is 1. The zero-order chi connectivity index (χ0) is 48.8. The predicted octanol–water partition coefficient (Wildman–Crippen LogP) is 3.62. The molecule has 2 saturated carbocycles. The third-order valence-electron chi connectivity index (χ3n) is 13.3. The number of pyridine rings is 1. The number of benzene rings is 2. The largest absolute Gasteiger partial charge is 0.465 e. The van der Waals surface area contributed by atoms with Crippen LogP contribution in [0.4, 0.5) is 0 Å². The molecule has 2 aromatic carbocycles. The first-order valence-electron chi connectivity index (χ1n) is 21.5. The van der Waals surface area contributed by atoms with E-state index in [0.717, 1.165) is 34.6 Å². The second-order valence-electron chi connectivity index (χ2n) is 17.7. The topological polar surface area (TPSA) is 253 Å². The molecule has 3 fully saturated rings. The van der Waals surface area contributed by atoms with E-state index in [2.05, 4.69) is 4.98 Å². The van der Waals surface area contributed by atoms with E-state index in [4.69, 9.17) is 42.6 Å². The molecule has 0 amide bonds. The van der Waals surface area contributed by atoms with E-state index in [1.165, 1.54) is 68.6 Å². The molecule has 356 valence electrons. The Labute approximate surface area is 384 Å². The fraction of sp³-hybridized carbons (Fsp3) is 0.479. The Morgan fingerprint density at radius 1 is 0.687 bits per heavy atom. The highest BCUT2D eigenvalue weighted by atomic mass is 16.7. The van der Waals surface area contributed by atoms with Gasteiger partial charge in [0.05, 0.1) is 34.2 Å². The Kier molecular flexibility index (Phi) is 13.1. The molecule has 2 aliphatic heterocycles. The van der Waals surface area contributed by atoms with Crippen molar-refractivity contribution in [2.75, 3.05) is 13.2 Å². The van der Waals surface area contributed by atoms with Crippen LogP contribution in [0.5, 0.6) is 0 Å². The fourth-order valence-corrected chi connectivity index (χ4v) is 10.4. The van der Waals surface area contributed by atoms with Crippen LogP contribution in [0.1, 0.15) is 98.1 Å². The number of rotatable bonds is 9. The van der Waals surface area contributed by atoms with Crippen LogP contribution in [0.25, 0.3) is 0 Å². The lowest BCUT2D eigenvalue weighted by Gasteiger charge is -2.67. The summed E-state index contributed by atoms with van der Waals surface area (Å²) in [5.41, 5.74) is -10.7. The molecule has 1 N–H and O–H groups in total. The molecule has 6 unspecified atom stereocenters. The number of fused-ring (bicyclic) bond motifs is 5. The van der Waals surface area contributed by atoms with Crippen LogP contribution in [0.3, 0.4) is 0 Å². The lowest BCUT2D eigenvalue weighted by Crippen LogP contribution is -2.89. The van der Waals surface area contributed by atoms with E-state index in [1.807, 2.05) is 0 Å². The molecule has 13 atom stereocenters. The number of carbonyl (C=O) groups is 8. The molecule has 1 spiro atoms. The van der Waals surface area contributed by atoms with Gasteiger partial charge in [-0.15, -0.1) is 0 Å². The summed E-state index contributed by atoms with van der Waals surface area (Å²) in [5, 5.41) is 13.9. The number of cyclic esters (lactones) is 1. The van der Waals surface area contributed by atoms with E-state index in [0.29, 0.717) is 0 Å². The summed E-state index contributed by atoms with van der Waals surface area (Å²) in [6, 6.07) is 17.8. The number of ether oxygens (including phenoxy) is 9. The van der Waals surface area contributed by atoms with E-state index in [1.54, 1.807) is 31.2 Å². The van der Waals surface area contributed by atoms with Gasteiger partial charge in [0.15, 0.2) is 30.0 Å². The SMILES string of the molecule is CC(=O)OC[C@]12[C@H](OC(C)=O)C(OC(C)=O)C3[C@@H](OC(=O)c4ccccc4)[C@@]14O[C@@]3(C)COC(=O)c1cccnc1C(C)C(C)C(=O)OC([C@H](OC(C)=O)[C@@H]2OC(=O)c1ccccc1)C4(C)O. The van der Waals surface area contributed by atoms with Crippen molar-refractivity contribution in [1.29, 1.82) is 0 Å². The molecule has 0 radical (unpaired) electrons. The standard InChI is InChI=1S/C48H51NO18/c1-24-25(2)41(54)65-38-36(62-28(5)52)40(66-43(56)31-18-13-10-14-19-31)47(23-59-26(3)50)39(63-29(6)53)35(61-27(4)51)33-37(64-42(55)30-16-11-9-12-17-30)48(47,46(38,8)58)67-45(33,7)22-60-44(57)32-20-15-21-49-34(24)32/h9-21,24-25,33,35-40,58H,22-23H2,1-8H3/t24?,25?,33?,35?,36-,37+,38?,39+,40-,45-,46?,47+,48-/m0/s1. The number of esters is 8. The molecule has 67 heavy (non-hydrogen) atoms. The Morgan fingerprint density at radius 3 is 1.78 bits per heavy atom. The van der Waals surface area contributed by atoms with Crippen LogP contribution in [-0.2, 0) is 66.6 Å². The highest BCUT2D eigenvalue weighted by Crippen LogP contribution is 2.70. The van der Waals surface area contributed by atoms with Crippen LogP contribution < -0.4 is 0 Å². The summed E-state index contributed by atoms with van der Waals surface area (Å²) >= 11 is 0. The Balaban J connectivity index is 1.65. The van der Waals surface area contributed by atoms with Gasteiger partial charge in [0.1, 0.15) is 42.0 Å². The highest BCUT2D eigenvalue weighted by molar-refractivity contribution is 5.92. The summed E-state index contributed by atoms with van der Waals surface area (Å²) in [6.45, 7) is 7.66. The minimum Gasteiger partial charge on any atom is -0.465 e. The van der Waals surface area contributed by atoms with Gasteiger partial charge in [0.25, 0.3) is 0 Å². The molecular weight excluding hydrogens is 879 g/mol. The Morgan fingerprint density at radius 2 is 1.22 bits per heavy atom. The molecule has 1 aromatic heterocycles. The highest BCUT2D eigenvalue weighted by Gasteiger charge is 2.92. The van der Waals surface area contributed by atoms with Gasteiger partial charge in [0.2, 0.25) is 0 Å². The van der Waals surface area contributed by atoms with E-state index < -0.39 is 138 Å². The Hall–Kier alpha value is -6.73. The second kappa shape index (κ2) is 18.2. The van der Waals surface area contributed by atoms with Crippen molar-refractivity contribution in [3.63, 3.8) is 0 Å². The smallest absolute Gasteiger partial charge is 0.340 e. The van der Waals surface area contributed by atoms with E-state index in [-0.39, 0.29) is 22.4 Å². The van der Waals surface area contributed by atoms with E-state index in [9.17, 15) is 43.5 Å². The fourth-order valence-electron chi connectivity index (χ4n) is 10.4. The number of hydrogen-bond donors (Lipinski definition) is 1. The lowest BCUT2D eigenvalue weighted by atomic mass is 9.45. The molecule has 7 rings (SSSR count). The van der Waals surface area contributed by atoms with Gasteiger partial charge in [0, 0.05) is 39.8 Å². The number of hydrogen-bond acceptors (Lipinski definition) is 19. The van der Waals surface area contributed by atoms with Gasteiger partial charge in [-0.05, 0) is 50.2 Å². The Bertz CT molecular complexity index is 2460. The van der Waals surface area contributed by atoms with Crippen molar-refractivity contribution >= 4 is 47.8 Å². The van der Waals surface area contributed by atoms with E-state index >= 15 is 0 Å². The zero-order valence-electron chi connectivity index (χ0n) is 38.0. The minimum absolute atomic E-state index is 0.0377. The first-order chi connectivity index (χ1) is 31.6. The third kappa shape index (κ3) is 8.17. The average Bonchev–Trinajstić information content (AvgIpc) is 3.51. The quantitative estimate of drug-likeness (QED) is 0.238. The van der Waals surface area contributed by atoms with Crippen LogP contribution in [-0.4, -0.2) is 124 Å². The molecule has 19 nitrogen and oxygen atoms in total. The minimum atomic E-state index is -2.91. The zero-order valence-corrected chi connectivity index (χ0v) is 38.0. The molecule has 4 aliphatic rings. The predicted molar refractivity (Wildman–Crippen MR) is 225 cm³/mol. The van der Waals surface area contributed by atoms with Crippen LogP contribution in [0, 0.1) is 17.3 Å². The van der Waals surface area contributed by atoms with Crippen molar-refractivity contribution < 1.29 is 86.1 Å². The van der Waals surface area contributed by atoms with Crippen LogP contribution in [0.15, 0.2) is 79.0 Å². The van der Waals surface area contributed by atoms with Crippen molar-refractivity contribution in [3.8, 4) is 0 Å². The van der Waals surface area contributed by atoms with Crippen molar-refractivity contribution in [3.05, 3.63) is 101 Å². The summed E-state index contributed by atoms with van der Waals surface area (Å²) < 4.78 is 56.6. The maximum atomic E-state index is 14.8. The molecule has 2 aliphatic carbocycles. The van der Waals surface area contributed by atoms with Gasteiger partial charge in [-0.2, -0.15) is 0 Å².